The normalized spacial score (nSPS) is 21.2. The fourth-order valence-corrected chi connectivity index (χ4v) is 1.92. The van der Waals surface area contributed by atoms with Crippen molar-refractivity contribution in [3.05, 3.63) is 17.7 Å². The molecule has 2 heterocycles. The van der Waals surface area contributed by atoms with Gasteiger partial charge in [-0.2, -0.15) is 0 Å². The molecule has 0 saturated carbocycles. The van der Waals surface area contributed by atoms with Crippen LogP contribution in [0.25, 0.3) is 0 Å². The molecule has 0 aliphatic carbocycles. The van der Waals surface area contributed by atoms with E-state index in [4.69, 9.17) is 0 Å². The maximum atomic E-state index is 10.4. The lowest BCUT2D eigenvalue weighted by Gasteiger charge is -2.20. The Balaban J connectivity index is 2.29. The lowest BCUT2D eigenvalue weighted by Crippen LogP contribution is -2.17. The van der Waals surface area contributed by atoms with Gasteiger partial charge in [0.15, 0.2) is 0 Å². The largest absolute Gasteiger partial charge is 0.334 e. The van der Waals surface area contributed by atoms with E-state index in [2.05, 4.69) is 16.5 Å². The average molecular weight is 178 g/mol. The summed E-state index contributed by atoms with van der Waals surface area (Å²) < 4.78 is 2.18. The molecule has 1 aromatic heterocycles. The molecule has 0 aromatic carbocycles. The van der Waals surface area contributed by atoms with Crippen LogP contribution in [0.4, 0.5) is 0 Å². The van der Waals surface area contributed by atoms with E-state index in [0.29, 0.717) is 6.42 Å². The maximum absolute atomic E-state index is 10.4. The predicted octanol–water partition coefficient (Wildman–Crippen LogP) is 1.21. The number of aryl methyl sites for hydroxylation is 1. The predicted molar refractivity (Wildman–Crippen MR) is 49.5 cm³/mol. The number of imidazole rings is 1. The van der Waals surface area contributed by atoms with Crippen molar-refractivity contribution in [3.8, 4) is 0 Å². The zero-order chi connectivity index (χ0) is 9.26. The molecule has 2 rings (SSSR count). The molecule has 0 amide bonds. The molecule has 3 nitrogen and oxygen atoms in total. The van der Waals surface area contributed by atoms with Crippen LogP contribution in [-0.4, -0.2) is 15.8 Å². The van der Waals surface area contributed by atoms with Gasteiger partial charge in [-0.3, -0.25) is 0 Å². The number of aldehydes is 1. The Morgan fingerprint density at radius 1 is 1.77 bits per heavy atom. The first-order chi connectivity index (χ1) is 6.31. The van der Waals surface area contributed by atoms with Crippen molar-refractivity contribution in [1.82, 2.24) is 9.55 Å². The highest BCUT2D eigenvalue weighted by Gasteiger charge is 2.18. The number of carbonyl (C=O) groups excluding carboxylic acids is 1. The minimum absolute atomic E-state index is 0.467. The van der Waals surface area contributed by atoms with Gasteiger partial charge in [-0.1, -0.05) is 6.92 Å². The van der Waals surface area contributed by atoms with Crippen molar-refractivity contribution in [1.29, 1.82) is 0 Å². The molecule has 1 unspecified atom stereocenters. The van der Waals surface area contributed by atoms with E-state index in [1.54, 1.807) is 0 Å². The second kappa shape index (κ2) is 3.32. The summed E-state index contributed by atoms with van der Waals surface area (Å²) in [5.74, 6) is 0.731. The standard InChI is InChI=1S/C10H14N2O/c1-8-2-4-12-7-11-9(3-5-13)10(12)6-8/h5,7-8H,2-4,6H2,1H3. The zero-order valence-electron chi connectivity index (χ0n) is 7.86. The van der Waals surface area contributed by atoms with Gasteiger partial charge in [-0.05, 0) is 18.8 Å². The van der Waals surface area contributed by atoms with Crippen LogP contribution in [0.3, 0.4) is 0 Å². The van der Waals surface area contributed by atoms with Crippen molar-refractivity contribution in [2.75, 3.05) is 0 Å². The molecule has 1 aromatic rings. The third kappa shape index (κ3) is 1.50. The smallest absolute Gasteiger partial charge is 0.126 e. The minimum atomic E-state index is 0.467. The summed E-state index contributed by atoms with van der Waals surface area (Å²) in [6.45, 7) is 3.31. The monoisotopic (exact) mass is 178 g/mol. The summed E-state index contributed by atoms with van der Waals surface area (Å²) in [4.78, 5) is 14.6. The van der Waals surface area contributed by atoms with Crippen LogP contribution in [0.5, 0.6) is 0 Å². The number of fused-ring (bicyclic) bond motifs is 1. The van der Waals surface area contributed by atoms with Crippen LogP contribution in [0.1, 0.15) is 24.7 Å². The van der Waals surface area contributed by atoms with Crippen molar-refractivity contribution in [2.45, 2.75) is 32.7 Å². The van der Waals surface area contributed by atoms with Gasteiger partial charge in [-0.25, -0.2) is 4.98 Å². The van der Waals surface area contributed by atoms with Crippen molar-refractivity contribution in [2.24, 2.45) is 5.92 Å². The fourth-order valence-electron chi connectivity index (χ4n) is 1.92. The summed E-state index contributed by atoms with van der Waals surface area (Å²) in [7, 11) is 0. The lowest BCUT2D eigenvalue weighted by molar-refractivity contribution is -0.107. The molecule has 0 bridgehead atoms. The first-order valence-electron chi connectivity index (χ1n) is 4.77. The maximum Gasteiger partial charge on any atom is 0.126 e. The van der Waals surface area contributed by atoms with Gasteiger partial charge in [0.1, 0.15) is 6.29 Å². The molecule has 0 saturated heterocycles. The van der Waals surface area contributed by atoms with Gasteiger partial charge in [0.05, 0.1) is 12.0 Å². The molecule has 0 spiro atoms. The van der Waals surface area contributed by atoms with E-state index in [1.807, 2.05) is 6.33 Å². The summed E-state index contributed by atoms with van der Waals surface area (Å²) in [6.07, 6.45) is 5.56. The number of nitrogens with zero attached hydrogens (tertiary/aromatic N) is 2. The molecule has 3 heteroatoms. The summed E-state index contributed by atoms with van der Waals surface area (Å²) in [5.41, 5.74) is 2.24. The molecule has 0 N–H and O–H groups in total. The second-order valence-electron chi connectivity index (χ2n) is 3.80. The Labute approximate surface area is 77.8 Å². The number of hydrogen-bond donors (Lipinski definition) is 0. The first kappa shape index (κ1) is 8.48. The summed E-state index contributed by atoms with van der Waals surface area (Å²) in [6, 6.07) is 0. The molecule has 0 fully saturated rings. The molecule has 1 atom stereocenters. The van der Waals surface area contributed by atoms with Gasteiger partial charge >= 0.3 is 0 Å². The average Bonchev–Trinajstić information content (AvgIpc) is 2.49. The summed E-state index contributed by atoms with van der Waals surface area (Å²) >= 11 is 0. The molecule has 1 aliphatic heterocycles. The Bertz CT molecular complexity index is 317. The van der Waals surface area contributed by atoms with Crippen molar-refractivity contribution in [3.63, 3.8) is 0 Å². The fraction of sp³-hybridized carbons (Fsp3) is 0.600. The zero-order valence-corrected chi connectivity index (χ0v) is 7.86. The number of hydrogen-bond acceptors (Lipinski definition) is 2. The van der Waals surface area contributed by atoms with Crippen LogP contribution >= 0.6 is 0 Å². The molecule has 13 heavy (non-hydrogen) atoms. The number of aromatic nitrogens is 2. The lowest BCUT2D eigenvalue weighted by atomic mass is 9.97. The van der Waals surface area contributed by atoms with E-state index in [9.17, 15) is 4.79 Å². The van der Waals surface area contributed by atoms with Crippen LogP contribution in [-0.2, 0) is 24.2 Å². The Hall–Kier alpha value is -1.12. The number of carbonyl (C=O) groups is 1. The minimum Gasteiger partial charge on any atom is -0.334 e. The van der Waals surface area contributed by atoms with E-state index in [1.165, 1.54) is 12.1 Å². The SMILES string of the molecule is CC1CCn2cnc(CC=O)c2C1. The Morgan fingerprint density at radius 2 is 2.62 bits per heavy atom. The topological polar surface area (TPSA) is 34.9 Å². The van der Waals surface area contributed by atoms with Gasteiger partial charge < -0.3 is 9.36 Å². The van der Waals surface area contributed by atoms with E-state index < -0.39 is 0 Å². The third-order valence-electron chi connectivity index (χ3n) is 2.71. The third-order valence-corrected chi connectivity index (χ3v) is 2.71. The molecule has 70 valence electrons. The number of rotatable bonds is 2. The van der Waals surface area contributed by atoms with E-state index in [0.717, 1.165) is 30.9 Å². The van der Waals surface area contributed by atoms with Gasteiger partial charge in [0, 0.05) is 18.7 Å². The highest BCUT2D eigenvalue weighted by atomic mass is 16.1. The Morgan fingerprint density at radius 3 is 3.38 bits per heavy atom. The first-order valence-corrected chi connectivity index (χ1v) is 4.77. The van der Waals surface area contributed by atoms with Crippen molar-refractivity contribution < 1.29 is 4.79 Å². The molecular formula is C10H14N2O. The van der Waals surface area contributed by atoms with Crippen LogP contribution < -0.4 is 0 Å². The Kier molecular flexibility index (Phi) is 2.17. The molecule has 1 aliphatic rings. The van der Waals surface area contributed by atoms with Crippen molar-refractivity contribution >= 4 is 6.29 Å². The van der Waals surface area contributed by atoms with E-state index >= 15 is 0 Å². The second-order valence-corrected chi connectivity index (χ2v) is 3.80. The quantitative estimate of drug-likeness (QED) is 0.638. The van der Waals surface area contributed by atoms with Crippen LogP contribution in [0, 0.1) is 5.92 Å². The summed E-state index contributed by atoms with van der Waals surface area (Å²) in [5, 5.41) is 0. The molecular weight excluding hydrogens is 164 g/mol. The van der Waals surface area contributed by atoms with Gasteiger partial charge in [0.25, 0.3) is 0 Å². The van der Waals surface area contributed by atoms with Gasteiger partial charge in [0.2, 0.25) is 0 Å². The van der Waals surface area contributed by atoms with Crippen LogP contribution in [0.15, 0.2) is 6.33 Å². The van der Waals surface area contributed by atoms with Gasteiger partial charge in [-0.15, -0.1) is 0 Å². The van der Waals surface area contributed by atoms with Crippen LogP contribution in [0.2, 0.25) is 0 Å². The highest BCUT2D eigenvalue weighted by molar-refractivity contribution is 5.54. The highest BCUT2D eigenvalue weighted by Crippen LogP contribution is 2.22. The van der Waals surface area contributed by atoms with E-state index in [-0.39, 0.29) is 0 Å². The molecule has 0 radical (unpaired) electrons.